The molecule has 164 valence electrons. The minimum atomic E-state index is 0. The third-order valence-corrected chi connectivity index (χ3v) is 5.20. The number of aryl methyl sites for hydroxylation is 1. The molecule has 0 radical (unpaired) electrons. The first-order valence-corrected chi connectivity index (χ1v) is 11.2. The van der Waals surface area contributed by atoms with Crippen molar-refractivity contribution >= 4 is 41.3 Å². The van der Waals surface area contributed by atoms with Gasteiger partial charge in [-0.2, -0.15) is 0 Å². The van der Waals surface area contributed by atoms with Gasteiger partial charge in [-0.3, -0.25) is 4.99 Å². The number of ether oxygens (including phenoxy) is 1. The van der Waals surface area contributed by atoms with E-state index in [2.05, 4.69) is 56.8 Å². The van der Waals surface area contributed by atoms with E-state index >= 15 is 0 Å². The zero-order chi connectivity index (χ0) is 19.9. The molecule has 29 heavy (non-hydrogen) atoms. The summed E-state index contributed by atoms with van der Waals surface area (Å²) in [7, 11) is 0. The van der Waals surface area contributed by atoms with E-state index in [0.29, 0.717) is 0 Å². The van der Waals surface area contributed by atoms with Gasteiger partial charge in [0.1, 0.15) is 12.2 Å². The van der Waals surface area contributed by atoms with Crippen molar-refractivity contribution in [3.05, 3.63) is 34.5 Å². The van der Waals surface area contributed by atoms with Crippen molar-refractivity contribution in [1.82, 2.24) is 25.4 Å². The molecule has 0 spiro atoms. The summed E-state index contributed by atoms with van der Waals surface area (Å²) in [5, 5.41) is 17.1. The fourth-order valence-corrected chi connectivity index (χ4v) is 3.38. The normalized spacial score (nSPS) is 11.3. The van der Waals surface area contributed by atoms with E-state index in [9.17, 15) is 0 Å². The summed E-state index contributed by atoms with van der Waals surface area (Å²) in [6, 6.07) is 4.26. The monoisotopic (exact) mass is 534 g/mol. The second kappa shape index (κ2) is 16.6. The Morgan fingerprint density at radius 2 is 2.03 bits per heavy atom. The molecule has 0 saturated heterocycles. The van der Waals surface area contributed by atoms with Crippen LogP contribution in [-0.4, -0.2) is 53.6 Å². The average Bonchev–Trinajstić information content (AvgIpc) is 3.38. The highest BCUT2D eigenvalue weighted by atomic mass is 127. The molecule has 0 aliphatic heterocycles. The van der Waals surface area contributed by atoms with Gasteiger partial charge in [-0.1, -0.05) is 26.3 Å². The lowest BCUT2D eigenvalue weighted by molar-refractivity contribution is 0.130. The Morgan fingerprint density at radius 3 is 2.79 bits per heavy atom. The fraction of sp³-hybridized carbons (Fsp3) is 0.650. The van der Waals surface area contributed by atoms with E-state index in [0.717, 1.165) is 76.9 Å². The standard InChI is InChI=1S/C20H34N6OS.HI/c1-3-5-14-27-15-7-10-21-20(22-11-9-18-8-6-16-28-18)23-12-13-26-17-24-25-19(26)4-2;/h6,8,16-17H,3-5,7,9-15H2,1-2H3,(H2,21,22,23);1H. The van der Waals surface area contributed by atoms with Crippen LogP contribution < -0.4 is 10.6 Å². The van der Waals surface area contributed by atoms with Crippen LogP contribution in [0.15, 0.2) is 28.8 Å². The fourth-order valence-electron chi connectivity index (χ4n) is 2.67. The molecule has 7 nitrogen and oxygen atoms in total. The molecule has 2 aromatic rings. The molecule has 2 N–H and O–H groups in total. The van der Waals surface area contributed by atoms with Gasteiger partial charge >= 0.3 is 0 Å². The minimum Gasteiger partial charge on any atom is -0.381 e. The molecule has 0 amide bonds. The first-order chi connectivity index (χ1) is 13.8. The maximum atomic E-state index is 5.62. The van der Waals surface area contributed by atoms with E-state index in [1.807, 2.05) is 0 Å². The summed E-state index contributed by atoms with van der Waals surface area (Å²) in [5.74, 6) is 1.87. The molecule has 2 aromatic heterocycles. The summed E-state index contributed by atoms with van der Waals surface area (Å²) in [5.41, 5.74) is 0. The summed E-state index contributed by atoms with van der Waals surface area (Å²) in [6.07, 6.45) is 6.92. The number of nitrogens with zero attached hydrogens (tertiary/aromatic N) is 4. The van der Waals surface area contributed by atoms with Crippen molar-refractivity contribution in [3.8, 4) is 0 Å². The van der Waals surface area contributed by atoms with Crippen molar-refractivity contribution in [1.29, 1.82) is 0 Å². The molecular weight excluding hydrogens is 499 g/mol. The third kappa shape index (κ3) is 10.9. The first-order valence-electron chi connectivity index (χ1n) is 10.3. The summed E-state index contributed by atoms with van der Waals surface area (Å²) < 4.78 is 7.70. The quantitative estimate of drug-likeness (QED) is 0.168. The molecule has 0 bridgehead atoms. The number of aromatic nitrogens is 3. The predicted molar refractivity (Wildman–Crippen MR) is 131 cm³/mol. The molecule has 0 aliphatic carbocycles. The maximum absolute atomic E-state index is 5.62. The number of guanidine groups is 1. The van der Waals surface area contributed by atoms with Crippen LogP contribution in [0.5, 0.6) is 0 Å². The number of hydrogen-bond acceptors (Lipinski definition) is 5. The zero-order valence-corrected chi connectivity index (χ0v) is 20.7. The molecular formula is C20H35IN6OS. The van der Waals surface area contributed by atoms with Crippen LogP contribution in [0.3, 0.4) is 0 Å². The van der Waals surface area contributed by atoms with E-state index in [-0.39, 0.29) is 24.0 Å². The number of thiophene rings is 1. The SMILES string of the molecule is CCCCOCCCN=C(NCCc1cccs1)NCCn1cnnc1CC.I. The Morgan fingerprint density at radius 1 is 1.21 bits per heavy atom. The second-order valence-corrected chi connectivity index (χ2v) is 7.56. The van der Waals surface area contributed by atoms with Crippen molar-refractivity contribution in [3.63, 3.8) is 0 Å². The number of halogens is 1. The first kappa shape index (κ1) is 25.8. The zero-order valence-electron chi connectivity index (χ0n) is 17.6. The molecule has 9 heteroatoms. The number of nitrogens with one attached hydrogen (secondary N) is 2. The number of rotatable bonds is 14. The average molecular weight is 535 g/mol. The Labute approximate surface area is 195 Å². The highest BCUT2D eigenvalue weighted by Crippen LogP contribution is 2.08. The highest BCUT2D eigenvalue weighted by molar-refractivity contribution is 14.0. The molecule has 0 atom stereocenters. The van der Waals surface area contributed by atoms with Crippen LogP contribution in [0.1, 0.15) is 43.8 Å². The lowest BCUT2D eigenvalue weighted by Crippen LogP contribution is -2.40. The van der Waals surface area contributed by atoms with Crippen LogP contribution >= 0.6 is 35.3 Å². The van der Waals surface area contributed by atoms with E-state index in [4.69, 9.17) is 9.73 Å². The van der Waals surface area contributed by atoms with Crippen molar-refractivity contribution in [2.24, 2.45) is 4.99 Å². The van der Waals surface area contributed by atoms with Gasteiger partial charge in [-0.25, -0.2) is 0 Å². The summed E-state index contributed by atoms with van der Waals surface area (Å²) >= 11 is 1.79. The largest absolute Gasteiger partial charge is 0.381 e. The third-order valence-electron chi connectivity index (χ3n) is 4.26. The highest BCUT2D eigenvalue weighted by Gasteiger charge is 2.03. The molecule has 0 aromatic carbocycles. The van der Waals surface area contributed by atoms with Gasteiger partial charge in [-0.15, -0.1) is 45.5 Å². The Balaban J connectivity index is 0.00000420. The van der Waals surface area contributed by atoms with Crippen LogP contribution in [0.25, 0.3) is 0 Å². The topological polar surface area (TPSA) is 76.4 Å². The second-order valence-electron chi connectivity index (χ2n) is 6.53. The molecule has 0 saturated carbocycles. The van der Waals surface area contributed by atoms with Crippen molar-refractivity contribution in [2.45, 2.75) is 52.5 Å². The number of aliphatic imine (C=N–C) groups is 1. The van der Waals surface area contributed by atoms with Gasteiger partial charge in [0.2, 0.25) is 0 Å². The van der Waals surface area contributed by atoms with Crippen molar-refractivity contribution < 1.29 is 4.74 Å². The number of unbranched alkanes of at least 4 members (excludes halogenated alkanes) is 1. The van der Waals surface area contributed by atoms with Gasteiger partial charge < -0.3 is 19.9 Å². The van der Waals surface area contributed by atoms with E-state index in [1.54, 1.807) is 17.7 Å². The van der Waals surface area contributed by atoms with Crippen LogP contribution in [-0.2, 0) is 24.1 Å². The minimum absolute atomic E-state index is 0. The molecule has 0 unspecified atom stereocenters. The summed E-state index contributed by atoms with van der Waals surface area (Å²) in [6.45, 7) is 9.12. The Bertz CT molecular complexity index is 662. The lowest BCUT2D eigenvalue weighted by Gasteiger charge is -2.13. The Kier molecular flexibility index (Phi) is 14.8. The van der Waals surface area contributed by atoms with Gasteiger partial charge in [0.15, 0.2) is 5.96 Å². The van der Waals surface area contributed by atoms with E-state index < -0.39 is 0 Å². The molecule has 0 aliphatic rings. The lowest BCUT2D eigenvalue weighted by atomic mass is 10.3. The molecule has 2 heterocycles. The van der Waals surface area contributed by atoms with Gasteiger partial charge in [-0.05, 0) is 30.7 Å². The van der Waals surface area contributed by atoms with Gasteiger partial charge in [0.05, 0.1) is 0 Å². The van der Waals surface area contributed by atoms with Gasteiger partial charge in [0.25, 0.3) is 0 Å². The van der Waals surface area contributed by atoms with Crippen molar-refractivity contribution in [2.75, 3.05) is 32.8 Å². The molecule has 0 fully saturated rings. The van der Waals surface area contributed by atoms with Crippen LogP contribution in [0.2, 0.25) is 0 Å². The predicted octanol–water partition coefficient (Wildman–Crippen LogP) is 3.50. The maximum Gasteiger partial charge on any atom is 0.191 e. The van der Waals surface area contributed by atoms with Crippen LogP contribution in [0, 0.1) is 0 Å². The smallest absolute Gasteiger partial charge is 0.191 e. The Hall–Kier alpha value is -1.20. The summed E-state index contributed by atoms with van der Waals surface area (Å²) in [4.78, 5) is 6.08. The van der Waals surface area contributed by atoms with Crippen LogP contribution in [0.4, 0.5) is 0 Å². The number of hydrogen-bond donors (Lipinski definition) is 2. The molecule has 2 rings (SSSR count). The van der Waals surface area contributed by atoms with Gasteiger partial charge in [0, 0.05) is 50.7 Å². The van der Waals surface area contributed by atoms with E-state index in [1.165, 1.54) is 11.3 Å².